The smallest absolute Gasteiger partial charge is 0.186 e. The molecule has 2 aromatic heterocycles. The molecule has 138 valence electrons. The summed E-state index contributed by atoms with van der Waals surface area (Å²) in [6, 6.07) is 11.4. The molecule has 0 saturated carbocycles. The van der Waals surface area contributed by atoms with Crippen molar-refractivity contribution in [2.45, 2.75) is 6.54 Å². The quantitative estimate of drug-likeness (QED) is 0.535. The predicted octanol–water partition coefficient (Wildman–Crippen LogP) is 4.46. The first-order valence-corrected chi connectivity index (χ1v) is 10.2. The Bertz CT molecular complexity index is 1110. The van der Waals surface area contributed by atoms with E-state index < -0.39 is 0 Å². The van der Waals surface area contributed by atoms with Gasteiger partial charge in [0.25, 0.3) is 0 Å². The van der Waals surface area contributed by atoms with E-state index in [-0.39, 0.29) is 0 Å². The molecule has 27 heavy (non-hydrogen) atoms. The number of rotatable bonds is 3. The highest BCUT2D eigenvalue weighted by atomic mass is 35.5. The third-order valence-corrected chi connectivity index (χ3v) is 6.46. The minimum absolute atomic E-state index is 0.309. The number of nitrogens with one attached hydrogen (secondary N) is 1. The fourth-order valence-corrected chi connectivity index (χ4v) is 4.82. The lowest BCUT2D eigenvalue weighted by Gasteiger charge is -2.34. The van der Waals surface area contributed by atoms with Crippen molar-refractivity contribution < 1.29 is 5.11 Å². The Hall–Kier alpha value is -2.28. The van der Waals surface area contributed by atoms with Gasteiger partial charge in [-0.2, -0.15) is 0 Å². The molecule has 7 heteroatoms. The lowest BCUT2D eigenvalue weighted by Crippen LogP contribution is -2.45. The largest absolute Gasteiger partial charge is 0.508 e. The number of aromatic amines is 1. The maximum Gasteiger partial charge on any atom is 0.186 e. The molecular formula is C20H19ClN4OS. The topological polar surface area (TPSA) is 55.4 Å². The van der Waals surface area contributed by atoms with Gasteiger partial charge in [-0.25, -0.2) is 4.98 Å². The van der Waals surface area contributed by atoms with Crippen LogP contribution in [0.5, 0.6) is 5.75 Å². The Morgan fingerprint density at radius 3 is 2.81 bits per heavy atom. The predicted molar refractivity (Wildman–Crippen MR) is 112 cm³/mol. The van der Waals surface area contributed by atoms with Crippen molar-refractivity contribution in [3.8, 4) is 5.75 Å². The average molecular weight is 399 g/mol. The summed E-state index contributed by atoms with van der Waals surface area (Å²) in [7, 11) is 0. The number of nitrogens with zero attached hydrogens (tertiary/aromatic N) is 3. The second-order valence-electron chi connectivity index (χ2n) is 6.92. The molecule has 0 atom stereocenters. The van der Waals surface area contributed by atoms with Crippen molar-refractivity contribution in [1.29, 1.82) is 0 Å². The molecule has 3 heterocycles. The number of aromatic hydroxyl groups is 1. The van der Waals surface area contributed by atoms with E-state index in [2.05, 4.69) is 14.8 Å². The summed E-state index contributed by atoms with van der Waals surface area (Å²) in [5.41, 5.74) is 3.27. The van der Waals surface area contributed by atoms with E-state index in [1.165, 1.54) is 10.3 Å². The fourth-order valence-electron chi connectivity index (χ4n) is 3.66. The van der Waals surface area contributed by atoms with E-state index in [4.69, 9.17) is 16.6 Å². The van der Waals surface area contributed by atoms with Crippen LogP contribution in [0.15, 0.2) is 42.6 Å². The van der Waals surface area contributed by atoms with Crippen LogP contribution in [0.2, 0.25) is 5.02 Å². The van der Waals surface area contributed by atoms with Gasteiger partial charge in [0.1, 0.15) is 5.75 Å². The van der Waals surface area contributed by atoms with Gasteiger partial charge >= 0.3 is 0 Å². The number of phenols is 1. The van der Waals surface area contributed by atoms with Gasteiger partial charge in [-0.1, -0.05) is 22.9 Å². The molecule has 5 nitrogen and oxygen atoms in total. The summed E-state index contributed by atoms with van der Waals surface area (Å²) in [5, 5.41) is 12.7. The zero-order valence-electron chi connectivity index (χ0n) is 14.7. The van der Waals surface area contributed by atoms with Crippen molar-refractivity contribution in [2.75, 3.05) is 31.1 Å². The van der Waals surface area contributed by atoms with Crippen LogP contribution in [0, 0.1) is 0 Å². The third kappa shape index (κ3) is 3.25. The van der Waals surface area contributed by atoms with Crippen LogP contribution in [0.1, 0.15) is 5.56 Å². The standard InChI is InChI=1S/C20H19ClN4OS/c21-14-1-4-19-18(9-14)23-20(27-19)25-7-5-24(6-8-25)12-13-11-22-17-3-2-15(26)10-16(13)17/h1-4,9-11,22,26H,5-8,12H2. The molecule has 0 aliphatic carbocycles. The highest BCUT2D eigenvalue weighted by molar-refractivity contribution is 7.22. The lowest BCUT2D eigenvalue weighted by molar-refractivity contribution is 0.250. The molecule has 0 amide bonds. The lowest BCUT2D eigenvalue weighted by atomic mass is 10.1. The number of fused-ring (bicyclic) bond motifs is 2. The second-order valence-corrected chi connectivity index (χ2v) is 8.36. The first-order valence-electron chi connectivity index (χ1n) is 8.98. The van der Waals surface area contributed by atoms with Gasteiger partial charge < -0.3 is 15.0 Å². The molecule has 5 rings (SSSR count). The van der Waals surface area contributed by atoms with E-state index in [9.17, 15) is 5.11 Å². The maximum atomic E-state index is 9.77. The van der Waals surface area contributed by atoms with Crippen molar-refractivity contribution in [3.63, 3.8) is 0 Å². The number of hydrogen-bond acceptors (Lipinski definition) is 5. The molecule has 0 spiro atoms. The van der Waals surface area contributed by atoms with Crippen LogP contribution in [0.4, 0.5) is 5.13 Å². The summed E-state index contributed by atoms with van der Waals surface area (Å²) in [4.78, 5) is 12.9. The number of thiazole rings is 1. The van der Waals surface area contributed by atoms with Crippen LogP contribution in [0.25, 0.3) is 21.1 Å². The third-order valence-electron chi connectivity index (χ3n) is 5.13. The Morgan fingerprint density at radius 2 is 1.96 bits per heavy atom. The number of halogens is 1. The SMILES string of the molecule is Oc1ccc2[nH]cc(CN3CCN(c4nc5cc(Cl)ccc5s4)CC3)c2c1. The number of H-pyrrole nitrogens is 1. The highest BCUT2D eigenvalue weighted by Crippen LogP contribution is 2.31. The molecule has 1 fully saturated rings. The Morgan fingerprint density at radius 1 is 1.11 bits per heavy atom. The normalized spacial score (nSPS) is 15.8. The van der Waals surface area contributed by atoms with E-state index in [1.54, 1.807) is 17.4 Å². The van der Waals surface area contributed by atoms with Crippen molar-refractivity contribution in [3.05, 3.63) is 53.2 Å². The average Bonchev–Trinajstić information content (AvgIpc) is 3.26. The van der Waals surface area contributed by atoms with E-state index in [0.29, 0.717) is 5.75 Å². The van der Waals surface area contributed by atoms with Crippen LogP contribution >= 0.6 is 22.9 Å². The number of hydrogen-bond donors (Lipinski definition) is 2. The second kappa shape index (κ2) is 6.71. The van der Waals surface area contributed by atoms with Crippen LogP contribution in [-0.2, 0) is 6.54 Å². The molecule has 0 radical (unpaired) electrons. The van der Waals surface area contributed by atoms with Crippen molar-refractivity contribution in [1.82, 2.24) is 14.9 Å². The summed E-state index contributed by atoms with van der Waals surface area (Å²) in [6.45, 7) is 4.78. The summed E-state index contributed by atoms with van der Waals surface area (Å²) < 4.78 is 1.18. The van der Waals surface area contributed by atoms with Gasteiger partial charge in [-0.3, -0.25) is 4.90 Å². The highest BCUT2D eigenvalue weighted by Gasteiger charge is 2.21. The Balaban J connectivity index is 1.28. The molecular weight excluding hydrogens is 380 g/mol. The summed E-state index contributed by atoms with van der Waals surface area (Å²) >= 11 is 7.81. The maximum absolute atomic E-state index is 9.77. The van der Waals surface area contributed by atoms with Crippen molar-refractivity contribution in [2.24, 2.45) is 0 Å². The number of phenolic OH excluding ortho intramolecular Hbond substituents is 1. The minimum atomic E-state index is 0.309. The van der Waals surface area contributed by atoms with E-state index in [1.807, 2.05) is 36.5 Å². The molecule has 4 aromatic rings. The number of anilines is 1. The van der Waals surface area contributed by atoms with Gasteiger partial charge in [0.05, 0.1) is 10.2 Å². The monoisotopic (exact) mass is 398 g/mol. The van der Waals surface area contributed by atoms with E-state index in [0.717, 1.165) is 59.3 Å². The zero-order chi connectivity index (χ0) is 18.4. The Labute approximate surface area is 165 Å². The van der Waals surface area contributed by atoms with Gasteiger partial charge in [0, 0.05) is 54.8 Å². The number of piperazine rings is 1. The molecule has 1 saturated heterocycles. The molecule has 0 unspecified atom stereocenters. The van der Waals surface area contributed by atoms with Crippen LogP contribution < -0.4 is 4.90 Å². The van der Waals surface area contributed by atoms with Crippen molar-refractivity contribution >= 4 is 49.2 Å². The first kappa shape index (κ1) is 16.9. The molecule has 1 aliphatic heterocycles. The summed E-state index contributed by atoms with van der Waals surface area (Å²) in [6.07, 6.45) is 2.05. The number of aromatic nitrogens is 2. The first-order chi connectivity index (χ1) is 13.2. The van der Waals surface area contributed by atoms with Crippen LogP contribution in [0.3, 0.4) is 0 Å². The van der Waals surface area contributed by atoms with Gasteiger partial charge in [0.15, 0.2) is 5.13 Å². The zero-order valence-corrected chi connectivity index (χ0v) is 16.2. The van der Waals surface area contributed by atoms with E-state index >= 15 is 0 Å². The van der Waals surface area contributed by atoms with Gasteiger partial charge in [-0.15, -0.1) is 0 Å². The molecule has 1 aliphatic rings. The fraction of sp³-hybridized carbons (Fsp3) is 0.250. The molecule has 0 bridgehead atoms. The van der Waals surface area contributed by atoms with Gasteiger partial charge in [0.2, 0.25) is 0 Å². The minimum Gasteiger partial charge on any atom is -0.508 e. The number of benzene rings is 2. The molecule has 2 aromatic carbocycles. The van der Waals surface area contributed by atoms with Crippen LogP contribution in [-0.4, -0.2) is 46.2 Å². The summed E-state index contributed by atoms with van der Waals surface area (Å²) in [5.74, 6) is 0.309. The molecule has 2 N–H and O–H groups in total. The Kier molecular flexibility index (Phi) is 4.19. The van der Waals surface area contributed by atoms with Gasteiger partial charge in [-0.05, 0) is 42.0 Å².